The molecule has 2 heterocycles. The molecule has 8 nitrogen and oxygen atoms in total. The van der Waals surface area contributed by atoms with Crippen molar-refractivity contribution in [1.82, 2.24) is 9.99 Å². The second-order valence-electron chi connectivity index (χ2n) is 10.1. The van der Waals surface area contributed by atoms with Crippen molar-refractivity contribution in [1.29, 1.82) is 0 Å². The largest absolute Gasteiger partial charge is 0.497 e. The highest BCUT2D eigenvalue weighted by Gasteiger charge is 2.28. The third kappa shape index (κ3) is 6.36. The van der Waals surface area contributed by atoms with Crippen molar-refractivity contribution < 1.29 is 19.1 Å². The highest BCUT2D eigenvalue weighted by Crippen LogP contribution is 2.39. The molecule has 0 saturated heterocycles. The van der Waals surface area contributed by atoms with Crippen LogP contribution < -0.4 is 20.2 Å². The number of nitrogens with zero attached hydrogens (tertiary/aromatic N) is 2. The summed E-state index contributed by atoms with van der Waals surface area (Å²) in [4.78, 5) is 27.3. The standard InChI is InChI=1S/C32H34N4O4S/c1-20-9-11-24(12-10-20)34-31(38)30-27-7-5-6-8-28(27)41-32(30)36-21(2)17-23(22(36)3)18-33-35-29(37)19-40-26-15-13-25(39-4)14-16-26/h9-18H,5-8,19H2,1-4H3,(H,34,38)(H,35,37)/b33-18+. The van der Waals surface area contributed by atoms with Gasteiger partial charge in [-0.15, -0.1) is 11.3 Å². The summed E-state index contributed by atoms with van der Waals surface area (Å²) in [6.45, 7) is 5.89. The summed E-state index contributed by atoms with van der Waals surface area (Å²) >= 11 is 1.70. The maximum atomic E-state index is 13.7. The minimum absolute atomic E-state index is 0.0879. The van der Waals surface area contributed by atoms with Gasteiger partial charge in [0.05, 0.1) is 18.9 Å². The summed E-state index contributed by atoms with van der Waals surface area (Å²) in [7, 11) is 1.59. The van der Waals surface area contributed by atoms with Gasteiger partial charge in [0.25, 0.3) is 11.8 Å². The SMILES string of the molecule is COc1ccc(OCC(=O)N/N=C/c2cc(C)n(-c3sc4c(c3C(=O)Nc3ccc(C)cc3)CCCC4)c2C)cc1. The number of hydrazone groups is 1. The van der Waals surface area contributed by atoms with Crippen LogP contribution in [0.4, 0.5) is 5.69 Å². The van der Waals surface area contributed by atoms with Crippen molar-refractivity contribution in [2.75, 3.05) is 19.0 Å². The predicted molar refractivity (Wildman–Crippen MR) is 163 cm³/mol. The second-order valence-corrected chi connectivity index (χ2v) is 11.2. The third-order valence-electron chi connectivity index (χ3n) is 7.18. The lowest BCUT2D eigenvalue weighted by Gasteiger charge is -2.14. The molecular formula is C32H34N4O4S. The van der Waals surface area contributed by atoms with Crippen LogP contribution in [0.1, 0.15) is 56.2 Å². The number of carbonyl (C=O) groups is 2. The van der Waals surface area contributed by atoms with Crippen LogP contribution in [-0.2, 0) is 17.6 Å². The number of aromatic nitrogens is 1. The van der Waals surface area contributed by atoms with Crippen LogP contribution in [0.25, 0.3) is 5.00 Å². The minimum atomic E-state index is -0.369. The Balaban J connectivity index is 1.33. The van der Waals surface area contributed by atoms with E-state index in [0.29, 0.717) is 11.5 Å². The summed E-state index contributed by atoms with van der Waals surface area (Å²) in [5.74, 6) is 0.821. The van der Waals surface area contributed by atoms with Crippen LogP contribution >= 0.6 is 11.3 Å². The monoisotopic (exact) mass is 570 g/mol. The molecule has 9 heteroatoms. The third-order valence-corrected chi connectivity index (χ3v) is 8.46. The van der Waals surface area contributed by atoms with Gasteiger partial charge < -0.3 is 19.4 Å². The number of methoxy groups -OCH3 is 1. The number of thiophene rings is 1. The van der Waals surface area contributed by atoms with Crippen molar-refractivity contribution in [3.8, 4) is 16.5 Å². The molecule has 0 atom stereocenters. The fourth-order valence-electron chi connectivity index (χ4n) is 5.03. The van der Waals surface area contributed by atoms with E-state index in [1.54, 1.807) is 48.9 Å². The molecule has 2 aromatic carbocycles. The summed E-state index contributed by atoms with van der Waals surface area (Å²) in [5, 5.41) is 8.20. The second kappa shape index (κ2) is 12.4. The lowest BCUT2D eigenvalue weighted by atomic mass is 9.95. The number of fused-ring (bicyclic) bond motifs is 1. The Morgan fingerprint density at radius 3 is 2.44 bits per heavy atom. The molecule has 5 rings (SSSR count). The molecule has 0 unspecified atom stereocenters. The topological polar surface area (TPSA) is 93.9 Å². The van der Waals surface area contributed by atoms with Gasteiger partial charge >= 0.3 is 0 Å². The summed E-state index contributed by atoms with van der Waals surface area (Å²) in [6.07, 6.45) is 5.74. The Morgan fingerprint density at radius 1 is 1.00 bits per heavy atom. The van der Waals surface area contributed by atoms with E-state index >= 15 is 0 Å². The first-order valence-corrected chi connectivity index (χ1v) is 14.5. The van der Waals surface area contributed by atoms with Crippen LogP contribution in [0.5, 0.6) is 11.5 Å². The fraction of sp³-hybridized carbons (Fsp3) is 0.281. The van der Waals surface area contributed by atoms with Crippen LogP contribution in [0.15, 0.2) is 59.7 Å². The zero-order chi connectivity index (χ0) is 28.9. The summed E-state index contributed by atoms with van der Waals surface area (Å²) < 4.78 is 12.8. The van der Waals surface area contributed by atoms with Gasteiger partial charge in [0, 0.05) is 27.5 Å². The molecule has 1 aliphatic rings. The highest BCUT2D eigenvalue weighted by molar-refractivity contribution is 7.15. The summed E-state index contributed by atoms with van der Waals surface area (Å²) in [6, 6.07) is 16.9. The maximum Gasteiger partial charge on any atom is 0.277 e. The molecule has 0 radical (unpaired) electrons. The molecule has 0 aliphatic heterocycles. The lowest BCUT2D eigenvalue weighted by molar-refractivity contribution is -0.123. The molecule has 2 N–H and O–H groups in total. The average molecular weight is 571 g/mol. The van der Waals surface area contributed by atoms with Gasteiger partial charge in [-0.1, -0.05) is 17.7 Å². The molecule has 2 amide bonds. The van der Waals surface area contributed by atoms with E-state index in [1.165, 1.54) is 4.88 Å². The smallest absolute Gasteiger partial charge is 0.277 e. The quantitative estimate of drug-likeness (QED) is 0.187. The van der Waals surface area contributed by atoms with Crippen molar-refractivity contribution >= 4 is 35.1 Å². The van der Waals surface area contributed by atoms with Crippen LogP contribution in [0.2, 0.25) is 0 Å². The Morgan fingerprint density at radius 2 is 1.71 bits per heavy atom. The average Bonchev–Trinajstić information content (AvgIpc) is 3.49. The number of aryl methyl sites for hydroxylation is 3. The number of hydrogen-bond acceptors (Lipinski definition) is 6. The Kier molecular flexibility index (Phi) is 8.54. The zero-order valence-electron chi connectivity index (χ0n) is 23.7. The van der Waals surface area contributed by atoms with Gasteiger partial charge in [-0.05, 0) is 94.5 Å². The lowest BCUT2D eigenvalue weighted by Crippen LogP contribution is -2.24. The minimum Gasteiger partial charge on any atom is -0.497 e. The predicted octanol–water partition coefficient (Wildman–Crippen LogP) is 6.13. The van der Waals surface area contributed by atoms with Crippen LogP contribution in [0, 0.1) is 20.8 Å². The fourth-order valence-corrected chi connectivity index (χ4v) is 6.53. The Labute approximate surface area is 244 Å². The van der Waals surface area contributed by atoms with E-state index < -0.39 is 0 Å². The van der Waals surface area contributed by atoms with Gasteiger partial charge in [0.2, 0.25) is 0 Å². The molecule has 0 fully saturated rings. The van der Waals surface area contributed by atoms with E-state index in [9.17, 15) is 9.59 Å². The van der Waals surface area contributed by atoms with E-state index in [2.05, 4.69) is 20.4 Å². The van der Waals surface area contributed by atoms with Crippen molar-refractivity contribution in [3.63, 3.8) is 0 Å². The van der Waals surface area contributed by atoms with E-state index in [4.69, 9.17) is 9.47 Å². The number of hydrogen-bond donors (Lipinski definition) is 2. The number of ether oxygens (including phenoxy) is 2. The first kappa shape index (κ1) is 28.2. The van der Waals surface area contributed by atoms with Gasteiger partial charge in [-0.2, -0.15) is 5.10 Å². The number of rotatable bonds is 9. The zero-order valence-corrected chi connectivity index (χ0v) is 24.6. The van der Waals surface area contributed by atoms with Crippen LogP contribution in [-0.4, -0.2) is 36.3 Å². The van der Waals surface area contributed by atoms with E-state index in [-0.39, 0.29) is 18.4 Å². The van der Waals surface area contributed by atoms with Crippen LogP contribution in [0.3, 0.4) is 0 Å². The van der Waals surface area contributed by atoms with Gasteiger partial charge in [-0.3, -0.25) is 9.59 Å². The number of benzene rings is 2. The molecular weight excluding hydrogens is 536 g/mol. The normalized spacial score (nSPS) is 12.7. The van der Waals surface area contributed by atoms with E-state index in [1.807, 2.05) is 51.1 Å². The Hall–Kier alpha value is -4.37. The van der Waals surface area contributed by atoms with Gasteiger partial charge in [0.1, 0.15) is 16.5 Å². The molecule has 212 valence electrons. The molecule has 4 aromatic rings. The Bertz CT molecular complexity index is 1580. The molecule has 1 aliphatic carbocycles. The van der Waals surface area contributed by atoms with Crippen molar-refractivity contribution in [2.24, 2.45) is 5.10 Å². The highest BCUT2D eigenvalue weighted by atomic mass is 32.1. The summed E-state index contributed by atoms with van der Waals surface area (Å²) in [5.41, 5.74) is 9.15. The van der Waals surface area contributed by atoms with Crippen molar-refractivity contribution in [2.45, 2.75) is 46.5 Å². The number of carbonyl (C=O) groups excluding carboxylic acids is 2. The van der Waals surface area contributed by atoms with E-state index in [0.717, 1.165) is 70.0 Å². The molecule has 0 saturated carbocycles. The first-order chi connectivity index (χ1) is 19.8. The molecule has 0 spiro atoms. The number of anilines is 1. The molecule has 41 heavy (non-hydrogen) atoms. The number of nitrogens with one attached hydrogen (secondary N) is 2. The first-order valence-electron chi connectivity index (χ1n) is 13.6. The van der Waals surface area contributed by atoms with Gasteiger partial charge in [-0.25, -0.2) is 5.43 Å². The maximum absolute atomic E-state index is 13.7. The molecule has 0 bridgehead atoms. The molecule has 2 aromatic heterocycles. The van der Waals surface area contributed by atoms with Gasteiger partial charge in [0.15, 0.2) is 6.61 Å². The van der Waals surface area contributed by atoms with Crippen molar-refractivity contribution in [3.05, 3.63) is 93.1 Å². The number of amides is 2.